The maximum absolute atomic E-state index is 8.29. The van der Waals surface area contributed by atoms with Gasteiger partial charge in [0.25, 0.3) is 0 Å². The molecule has 1 nitrogen and oxygen atoms in total. The van der Waals surface area contributed by atoms with E-state index < -0.39 is 7.26 Å². The number of rotatable bonds is 3. The zero-order valence-corrected chi connectivity index (χ0v) is 8.95. The Labute approximate surface area is 71.3 Å². The van der Waals surface area contributed by atoms with Gasteiger partial charge in [0.2, 0.25) is 0 Å². The lowest BCUT2D eigenvalue weighted by atomic mass is 10.6. The molecule has 0 aromatic carbocycles. The molecule has 0 N–H and O–H groups in total. The molecule has 52 valence electrons. The molecule has 0 rings (SSSR count). The fourth-order valence-electron chi connectivity index (χ4n) is 0.412. The fraction of sp³-hybridized carbons (Fsp3) is 0.833. The van der Waals surface area contributed by atoms with Gasteiger partial charge in [-0.25, -0.2) is 0 Å². The molecule has 0 aromatic rings. The third-order valence-electron chi connectivity index (χ3n) is 1.15. The third kappa shape index (κ3) is 5.11. The predicted molar refractivity (Wildman–Crippen MR) is 52.8 cm³/mol. The molecule has 0 unspecified atom stereocenters. The van der Waals surface area contributed by atoms with Crippen molar-refractivity contribution in [2.24, 2.45) is 0 Å². The molecule has 3 heteroatoms. The summed E-state index contributed by atoms with van der Waals surface area (Å²) in [6.45, 7) is 4.60. The Morgan fingerprint density at radius 1 is 1.56 bits per heavy atom. The van der Waals surface area contributed by atoms with Gasteiger partial charge in [0, 0.05) is 20.6 Å². The lowest BCUT2D eigenvalue weighted by Gasteiger charge is -2.11. The quantitative estimate of drug-likeness (QED) is 0.432. The van der Waals surface area contributed by atoms with Crippen molar-refractivity contribution < 1.29 is 0 Å². The van der Waals surface area contributed by atoms with Crippen molar-refractivity contribution in [1.82, 2.24) is 0 Å². The summed E-state index contributed by atoms with van der Waals surface area (Å²) in [4.78, 5) is 0. The summed E-state index contributed by atoms with van der Waals surface area (Å²) in [5, 5.41) is 8.29. The first-order chi connectivity index (χ1) is 4.12. The Bertz CT molecular complexity index is 117. The molecule has 0 saturated carbocycles. The summed E-state index contributed by atoms with van der Waals surface area (Å²) in [5.41, 5.74) is 0. The van der Waals surface area contributed by atoms with E-state index in [0.29, 0.717) is 0 Å². The van der Waals surface area contributed by atoms with Crippen molar-refractivity contribution in [1.29, 1.82) is 5.26 Å². The van der Waals surface area contributed by atoms with Gasteiger partial charge in [-0.05, 0) is 22.6 Å². The largest absolute Gasteiger partial charge is 0.198 e. The van der Waals surface area contributed by atoms with Gasteiger partial charge in [-0.3, -0.25) is 0 Å². The van der Waals surface area contributed by atoms with E-state index >= 15 is 0 Å². The zero-order chi connectivity index (χ0) is 7.33. The normalized spacial score (nSPS) is 10.9. The van der Waals surface area contributed by atoms with E-state index in [4.69, 9.17) is 5.26 Å². The summed E-state index contributed by atoms with van der Waals surface area (Å²) >= 11 is 2.41. The minimum atomic E-state index is -0.676. The number of halogens is 1. The van der Waals surface area contributed by atoms with Crippen LogP contribution in [0.2, 0.25) is 0 Å². The van der Waals surface area contributed by atoms with Crippen molar-refractivity contribution in [2.45, 2.75) is 6.42 Å². The maximum atomic E-state index is 8.29. The van der Waals surface area contributed by atoms with Gasteiger partial charge in [0.15, 0.2) is 0 Å². The van der Waals surface area contributed by atoms with E-state index in [1.807, 2.05) is 0 Å². The van der Waals surface area contributed by atoms with Crippen molar-refractivity contribution >= 4 is 29.9 Å². The molecule has 0 aliphatic carbocycles. The van der Waals surface area contributed by atoms with Crippen LogP contribution in [-0.4, -0.2) is 23.7 Å². The second-order valence-electron chi connectivity index (χ2n) is 2.69. The van der Waals surface area contributed by atoms with E-state index in [0.717, 1.165) is 12.6 Å². The number of alkyl halides is 1. The summed E-state index contributed by atoms with van der Waals surface area (Å²) in [7, 11) is -0.676. The van der Waals surface area contributed by atoms with Crippen LogP contribution < -0.4 is 0 Å². The Kier molecular flexibility index (Phi) is 4.79. The van der Waals surface area contributed by atoms with E-state index in [2.05, 4.69) is 42.0 Å². The lowest BCUT2D eigenvalue weighted by Crippen LogP contribution is -1.94. The Balaban J connectivity index is 3.48. The standard InChI is InChI=1S/C6H12INP/c1-9(2,6-7)5-3-4-8/h3,5-6H2,1-2H3/q+1. The van der Waals surface area contributed by atoms with Gasteiger partial charge in [0.05, 0.1) is 18.7 Å². The van der Waals surface area contributed by atoms with Gasteiger partial charge in [-0.1, -0.05) is 0 Å². The second kappa shape index (κ2) is 4.46. The SMILES string of the molecule is C[P+](C)(CI)CCC#N. The van der Waals surface area contributed by atoms with Crippen molar-refractivity contribution in [2.75, 3.05) is 23.7 Å². The molecule has 0 radical (unpaired) electrons. The Morgan fingerprint density at radius 2 is 2.11 bits per heavy atom. The van der Waals surface area contributed by atoms with Gasteiger partial charge >= 0.3 is 0 Å². The van der Waals surface area contributed by atoms with E-state index in [-0.39, 0.29) is 0 Å². The molecular weight excluding hydrogens is 244 g/mol. The molecule has 0 fully saturated rings. The molecule has 0 atom stereocenters. The molecule has 0 saturated heterocycles. The molecule has 0 aliphatic rings. The number of hydrogen-bond acceptors (Lipinski definition) is 1. The highest BCUT2D eigenvalue weighted by atomic mass is 127. The van der Waals surface area contributed by atoms with Crippen LogP contribution in [0.15, 0.2) is 0 Å². The van der Waals surface area contributed by atoms with Crippen LogP contribution in [0.25, 0.3) is 0 Å². The topological polar surface area (TPSA) is 23.8 Å². The summed E-state index contributed by atoms with van der Waals surface area (Å²) in [6, 6.07) is 2.18. The van der Waals surface area contributed by atoms with Crippen molar-refractivity contribution in [3.63, 3.8) is 0 Å². The van der Waals surface area contributed by atoms with Crippen molar-refractivity contribution in [3.8, 4) is 6.07 Å². The highest BCUT2D eigenvalue weighted by molar-refractivity contribution is 14.1. The minimum absolute atomic E-state index is 0.676. The van der Waals surface area contributed by atoms with Gasteiger partial charge < -0.3 is 0 Å². The number of nitriles is 1. The van der Waals surface area contributed by atoms with Crippen LogP contribution in [0.1, 0.15) is 6.42 Å². The minimum Gasteiger partial charge on any atom is -0.198 e. The van der Waals surface area contributed by atoms with Crippen LogP contribution in [0, 0.1) is 11.3 Å². The van der Waals surface area contributed by atoms with Crippen LogP contribution in [0.4, 0.5) is 0 Å². The molecule has 0 heterocycles. The first-order valence-electron chi connectivity index (χ1n) is 2.87. The predicted octanol–water partition coefficient (Wildman–Crippen LogP) is 2.57. The summed E-state index contributed by atoms with van der Waals surface area (Å²) in [5.74, 6) is 0. The molecule has 0 spiro atoms. The van der Waals surface area contributed by atoms with Crippen LogP contribution in [0.5, 0.6) is 0 Å². The first kappa shape index (κ1) is 9.65. The van der Waals surface area contributed by atoms with Gasteiger partial charge in [-0.15, -0.1) is 0 Å². The Morgan fingerprint density at radius 3 is 2.44 bits per heavy atom. The fourth-order valence-corrected chi connectivity index (χ4v) is 2.26. The van der Waals surface area contributed by atoms with Crippen LogP contribution in [-0.2, 0) is 0 Å². The molecule has 9 heavy (non-hydrogen) atoms. The average Bonchev–Trinajstić information content (AvgIpc) is 1.84. The van der Waals surface area contributed by atoms with E-state index in [1.54, 1.807) is 0 Å². The van der Waals surface area contributed by atoms with E-state index in [1.165, 1.54) is 4.17 Å². The molecule has 0 aromatic heterocycles. The third-order valence-corrected chi connectivity index (χ3v) is 8.77. The summed E-state index contributed by atoms with van der Waals surface area (Å²) < 4.78 is 1.24. The molecule has 0 aliphatic heterocycles. The molecule has 0 bridgehead atoms. The van der Waals surface area contributed by atoms with Crippen molar-refractivity contribution in [3.05, 3.63) is 0 Å². The summed E-state index contributed by atoms with van der Waals surface area (Å²) in [6.07, 6.45) is 1.87. The highest BCUT2D eigenvalue weighted by Gasteiger charge is 2.21. The monoisotopic (exact) mass is 256 g/mol. The van der Waals surface area contributed by atoms with Gasteiger partial charge in [0.1, 0.15) is 4.17 Å². The van der Waals surface area contributed by atoms with Crippen LogP contribution >= 0.6 is 29.9 Å². The second-order valence-corrected chi connectivity index (χ2v) is 9.29. The lowest BCUT2D eigenvalue weighted by molar-refractivity contribution is 1.22. The first-order valence-corrected chi connectivity index (χ1v) is 7.45. The van der Waals surface area contributed by atoms with Gasteiger partial charge in [-0.2, -0.15) is 5.26 Å². The van der Waals surface area contributed by atoms with E-state index in [9.17, 15) is 0 Å². The molecular formula is C6H12INP+. The smallest absolute Gasteiger partial charge is 0.109 e. The zero-order valence-electron chi connectivity index (χ0n) is 5.89. The molecule has 0 amide bonds. The number of nitrogens with zero attached hydrogens (tertiary/aromatic N) is 1. The Hall–Kier alpha value is 0.650. The highest BCUT2D eigenvalue weighted by Crippen LogP contribution is 2.52. The number of hydrogen-bond donors (Lipinski definition) is 0. The maximum Gasteiger partial charge on any atom is 0.109 e. The van der Waals surface area contributed by atoms with Crippen LogP contribution in [0.3, 0.4) is 0 Å². The average molecular weight is 256 g/mol.